The van der Waals surface area contributed by atoms with Crippen LogP contribution in [-0.4, -0.2) is 18.1 Å². The Morgan fingerprint density at radius 3 is 3.06 bits per heavy atom. The molecule has 0 amide bonds. The molecule has 0 spiro atoms. The van der Waals surface area contributed by atoms with Gasteiger partial charge in [0, 0.05) is 6.42 Å². The zero-order valence-corrected chi connectivity index (χ0v) is 9.58. The maximum absolute atomic E-state index is 11.0. The summed E-state index contributed by atoms with van der Waals surface area (Å²) in [5.41, 5.74) is 0.153. The lowest BCUT2D eigenvalue weighted by Crippen LogP contribution is -2.00. The number of ether oxygens (including phenoxy) is 1. The van der Waals surface area contributed by atoms with Crippen LogP contribution in [0, 0.1) is 11.8 Å². The molecule has 4 heteroatoms. The van der Waals surface area contributed by atoms with E-state index in [9.17, 15) is 4.79 Å². The third-order valence-electron chi connectivity index (χ3n) is 2.00. The number of methoxy groups -OCH3 is 1. The molecule has 0 saturated carbocycles. The summed E-state index contributed by atoms with van der Waals surface area (Å²) in [5, 5.41) is 0. The fourth-order valence-corrected chi connectivity index (χ4v) is 1.13. The van der Waals surface area contributed by atoms with Gasteiger partial charge in [0.2, 0.25) is 0 Å². The Kier molecular flexibility index (Phi) is 5.13. The highest BCUT2D eigenvalue weighted by Crippen LogP contribution is 2.02. The zero-order valence-electron chi connectivity index (χ0n) is 9.58. The van der Waals surface area contributed by atoms with Crippen molar-refractivity contribution in [2.24, 2.45) is 0 Å². The number of carbonyl (C=O) groups is 1. The van der Waals surface area contributed by atoms with Crippen LogP contribution in [0.1, 0.15) is 49.0 Å². The van der Waals surface area contributed by atoms with Crippen LogP contribution >= 0.6 is 0 Å². The molecule has 0 aliphatic rings. The fourth-order valence-electron chi connectivity index (χ4n) is 1.13. The van der Waals surface area contributed by atoms with Crippen LogP contribution in [0.15, 0.2) is 10.7 Å². The van der Waals surface area contributed by atoms with Crippen LogP contribution < -0.4 is 0 Å². The van der Waals surface area contributed by atoms with Crippen LogP contribution in [0.25, 0.3) is 0 Å². The number of nitrogens with zero attached hydrogens (tertiary/aromatic N) is 1. The van der Waals surface area contributed by atoms with Gasteiger partial charge in [-0.15, -0.1) is 0 Å². The van der Waals surface area contributed by atoms with Gasteiger partial charge in [0.25, 0.3) is 5.89 Å². The van der Waals surface area contributed by atoms with Gasteiger partial charge >= 0.3 is 5.97 Å². The highest BCUT2D eigenvalue weighted by molar-refractivity contribution is 5.86. The van der Waals surface area contributed by atoms with Gasteiger partial charge in [-0.25, -0.2) is 4.79 Å². The largest absolute Gasteiger partial charge is 0.464 e. The number of unbranched alkanes of at least 4 members (excludes halogenated alkanes) is 3. The van der Waals surface area contributed by atoms with Gasteiger partial charge in [0.1, 0.15) is 6.26 Å². The monoisotopic (exact) mass is 221 g/mol. The molecule has 86 valence electrons. The smallest absolute Gasteiger partial charge is 0.360 e. The van der Waals surface area contributed by atoms with Gasteiger partial charge in [-0.1, -0.05) is 25.7 Å². The van der Waals surface area contributed by atoms with E-state index in [1.165, 1.54) is 26.2 Å². The highest BCUT2D eigenvalue weighted by atomic mass is 16.5. The van der Waals surface area contributed by atoms with Gasteiger partial charge in [0.15, 0.2) is 5.69 Å². The third-order valence-corrected chi connectivity index (χ3v) is 2.00. The molecule has 1 aromatic heterocycles. The highest BCUT2D eigenvalue weighted by Gasteiger charge is 2.10. The first-order valence-electron chi connectivity index (χ1n) is 5.30. The minimum atomic E-state index is -0.511. The van der Waals surface area contributed by atoms with Gasteiger partial charge in [-0.05, 0) is 12.3 Å². The predicted molar refractivity (Wildman–Crippen MR) is 58.9 cm³/mol. The second-order valence-electron chi connectivity index (χ2n) is 3.29. The van der Waals surface area contributed by atoms with Crippen LogP contribution in [0.5, 0.6) is 0 Å². The van der Waals surface area contributed by atoms with Crippen molar-refractivity contribution in [1.82, 2.24) is 4.98 Å². The number of rotatable bonds is 4. The molecule has 0 unspecified atom stereocenters. The number of carbonyl (C=O) groups excluding carboxylic acids is 1. The quantitative estimate of drug-likeness (QED) is 0.445. The summed E-state index contributed by atoms with van der Waals surface area (Å²) in [5.74, 6) is 5.47. The molecular weight excluding hydrogens is 206 g/mol. The number of hydrogen-bond donors (Lipinski definition) is 0. The van der Waals surface area contributed by atoms with Crippen LogP contribution in [0.2, 0.25) is 0 Å². The first-order valence-corrected chi connectivity index (χ1v) is 5.30. The standard InChI is InChI=1S/C12H15NO3/c1-3-4-5-6-7-8-11-13-10(9-16-11)12(14)15-2/h9H,3-6H2,1-2H3. The molecule has 0 aliphatic heterocycles. The second kappa shape index (κ2) is 6.67. The van der Waals surface area contributed by atoms with Crippen molar-refractivity contribution < 1.29 is 13.9 Å². The minimum absolute atomic E-state index is 0.153. The van der Waals surface area contributed by atoms with Crippen molar-refractivity contribution in [3.63, 3.8) is 0 Å². The molecule has 0 aromatic carbocycles. The summed E-state index contributed by atoms with van der Waals surface area (Å²) < 4.78 is 9.51. The van der Waals surface area contributed by atoms with Gasteiger partial charge in [0.05, 0.1) is 7.11 Å². The van der Waals surface area contributed by atoms with Crippen molar-refractivity contribution in [3.05, 3.63) is 17.8 Å². The lowest BCUT2D eigenvalue weighted by atomic mass is 10.2. The molecule has 16 heavy (non-hydrogen) atoms. The van der Waals surface area contributed by atoms with Gasteiger partial charge in [-0.3, -0.25) is 0 Å². The molecule has 1 rings (SSSR count). The van der Waals surface area contributed by atoms with Crippen molar-refractivity contribution in [1.29, 1.82) is 0 Å². The number of hydrogen-bond acceptors (Lipinski definition) is 4. The zero-order chi connectivity index (χ0) is 11.8. The summed E-state index contributed by atoms with van der Waals surface area (Å²) in [6.45, 7) is 2.14. The van der Waals surface area contributed by atoms with E-state index in [4.69, 9.17) is 4.42 Å². The Bertz CT molecular complexity index is 398. The minimum Gasteiger partial charge on any atom is -0.464 e. The van der Waals surface area contributed by atoms with E-state index in [0.29, 0.717) is 0 Å². The number of aromatic nitrogens is 1. The van der Waals surface area contributed by atoms with E-state index in [0.717, 1.165) is 12.8 Å². The lowest BCUT2D eigenvalue weighted by molar-refractivity contribution is 0.0594. The second-order valence-corrected chi connectivity index (χ2v) is 3.29. The Labute approximate surface area is 95.0 Å². The molecule has 0 fully saturated rings. The number of oxazole rings is 1. The van der Waals surface area contributed by atoms with Gasteiger partial charge < -0.3 is 9.15 Å². The van der Waals surface area contributed by atoms with Crippen molar-refractivity contribution in [2.45, 2.75) is 32.6 Å². The molecule has 0 atom stereocenters. The molecular formula is C12H15NO3. The Balaban J connectivity index is 2.48. The van der Waals surface area contributed by atoms with Crippen molar-refractivity contribution in [3.8, 4) is 11.8 Å². The lowest BCUT2D eigenvalue weighted by Gasteiger charge is -1.88. The normalized spacial score (nSPS) is 9.38. The Morgan fingerprint density at radius 1 is 1.56 bits per heavy atom. The summed E-state index contributed by atoms with van der Waals surface area (Å²) in [7, 11) is 1.30. The summed E-state index contributed by atoms with van der Waals surface area (Å²) in [6.07, 6.45) is 5.50. The van der Waals surface area contributed by atoms with E-state index in [1.807, 2.05) is 0 Å². The maximum Gasteiger partial charge on any atom is 0.360 e. The molecule has 1 aromatic rings. The molecule has 4 nitrogen and oxygen atoms in total. The van der Waals surface area contributed by atoms with E-state index < -0.39 is 5.97 Å². The average Bonchev–Trinajstić information content (AvgIpc) is 2.76. The van der Waals surface area contributed by atoms with E-state index in [-0.39, 0.29) is 11.6 Å². The van der Waals surface area contributed by atoms with E-state index in [1.54, 1.807) is 0 Å². The maximum atomic E-state index is 11.0. The van der Waals surface area contributed by atoms with Crippen molar-refractivity contribution in [2.75, 3.05) is 7.11 Å². The summed E-state index contributed by atoms with van der Waals surface area (Å²) in [4.78, 5) is 14.9. The SMILES string of the molecule is CCCCCC#Cc1nc(C(=O)OC)co1. The average molecular weight is 221 g/mol. The molecule has 0 N–H and O–H groups in total. The molecule has 1 heterocycles. The van der Waals surface area contributed by atoms with Gasteiger partial charge in [-0.2, -0.15) is 4.98 Å². The Hall–Kier alpha value is -1.76. The molecule has 0 bridgehead atoms. The first-order chi connectivity index (χ1) is 7.77. The summed E-state index contributed by atoms with van der Waals surface area (Å²) in [6, 6.07) is 0. The fraction of sp³-hybridized carbons (Fsp3) is 0.500. The molecule has 0 aliphatic carbocycles. The van der Waals surface area contributed by atoms with E-state index >= 15 is 0 Å². The molecule has 0 radical (unpaired) electrons. The van der Waals surface area contributed by atoms with Crippen LogP contribution in [-0.2, 0) is 4.74 Å². The Morgan fingerprint density at radius 2 is 2.38 bits per heavy atom. The number of esters is 1. The topological polar surface area (TPSA) is 52.3 Å². The van der Waals surface area contributed by atoms with Crippen molar-refractivity contribution >= 4 is 5.97 Å². The molecule has 0 saturated heterocycles. The first kappa shape index (κ1) is 12.3. The van der Waals surface area contributed by atoms with Crippen LogP contribution in [0.3, 0.4) is 0 Å². The predicted octanol–water partition coefficient (Wildman–Crippen LogP) is 2.39. The van der Waals surface area contributed by atoms with E-state index in [2.05, 4.69) is 28.5 Å². The third kappa shape index (κ3) is 3.77. The van der Waals surface area contributed by atoms with Crippen LogP contribution in [0.4, 0.5) is 0 Å². The summed E-state index contributed by atoms with van der Waals surface area (Å²) >= 11 is 0.